The Labute approximate surface area is 186 Å². The van der Waals surface area contributed by atoms with Crippen LogP contribution in [-0.4, -0.2) is 39.2 Å². The van der Waals surface area contributed by atoms with Crippen molar-refractivity contribution in [2.75, 3.05) is 5.32 Å². The van der Waals surface area contributed by atoms with Crippen LogP contribution in [0.15, 0.2) is 28.5 Å². The number of hydrogen-bond donors (Lipinski definition) is 2. The van der Waals surface area contributed by atoms with Crippen molar-refractivity contribution in [1.29, 1.82) is 0 Å². The van der Waals surface area contributed by atoms with E-state index in [-0.39, 0.29) is 34.4 Å². The highest BCUT2D eigenvalue weighted by atomic mass is 32.2. The number of carbonyl (C=O) groups excluding carboxylic acids is 1. The van der Waals surface area contributed by atoms with Crippen molar-refractivity contribution in [3.63, 3.8) is 0 Å². The number of carbonyl (C=O) groups is 1. The number of aryl methyl sites for hydroxylation is 2. The van der Waals surface area contributed by atoms with Gasteiger partial charge in [0.1, 0.15) is 0 Å². The summed E-state index contributed by atoms with van der Waals surface area (Å²) in [5.41, 5.74) is 6.39. The number of fused-ring (bicyclic) bond motifs is 2. The highest BCUT2D eigenvalue weighted by molar-refractivity contribution is 7.91. The van der Waals surface area contributed by atoms with E-state index in [2.05, 4.69) is 31.7 Å². The van der Waals surface area contributed by atoms with E-state index in [0.717, 1.165) is 44.2 Å². The van der Waals surface area contributed by atoms with Gasteiger partial charge in [-0.3, -0.25) is 9.48 Å². The van der Waals surface area contributed by atoms with Crippen LogP contribution in [0.4, 0.5) is 11.6 Å². The fourth-order valence-electron chi connectivity index (χ4n) is 4.52. The molecule has 2 aromatic heterocycles. The van der Waals surface area contributed by atoms with Gasteiger partial charge in [-0.2, -0.15) is 10.1 Å². The molecular formula is C22H26N6O3S. The van der Waals surface area contributed by atoms with Crippen molar-refractivity contribution in [2.24, 2.45) is 5.92 Å². The number of ketones is 1. The number of sulfone groups is 1. The third-order valence-electron chi connectivity index (χ3n) is 6.28. The van der Waals surface area contributed by atoms with E-state index in [1.54, 1.807) is 13.8 Å². The third kappa shape index (κ3) is 3.62. The molecule has 168 valence electrons. The maximum atomic E-state index is 13.0. The fourth-order valence-corrected chi connectivity index (χ4v) is 5.54. The number of aromatic nitrogens is 5. The van der Waals surface area contributed by atoms with Gasteiger partial charge in [0.05, 0.1) is 6.54 Å². The lowest BCUT2D eigenvalue weighted by Crippen LogP contribution is -2.16. The molecule has 0 unspecified atom stereocenters. The van der Waals surface area contributed by atoms with Crippen molar-refractivity contribution in [3.05, 3.63) is 40.6 Å². The van der Waals surface area contributed by atoms with Crippen LogP contribution < -0.4 is 5.32 Å². The van der Waals surface area contributed by atoms with E-state index in [9.17, 15) is 13.2 Å². The molecule has 0 aliphatic heterocycles. The lowest BCUT2D eigenvalue weighted by atomic mass is 9.99. The molecule has 0 bridgehead atoms. The molecule has 2 heterocycles. The first-order valence-corrected chi connectivity index (χ1v) is 12.5. The normalized spacial score (nSPS) is 15.2. The molecule has 0 saturated carbocycles. The summed E-state index contributed by atoms with van der Waals surface area (Å²) in [4.78, 5) is 16.2. The number of nitrogens with zero attached hydrogens (tertiary/aromatic N) is 4. The van der Waals surface area contributed by atoms with Gasteiger partial charge in [0.15, 0.2) is 10.8 Å². The first-order chi connectivity index (χ1) is 15.3. The number of aromatic amines is 1. The molecule has 0 fully saturated rings. The lowest BCUT2D eigenvalue weighted by Gasteiger charge is -2.15. The van der Waals surface area contributed by atoms with E-state index in [0.29, 0.717) is 0 Å². The molecule has 2 N–H and O–H groups in total. The van der Waals surface area contributed by atoms with Gasteiger partial charge in [-0.25, -0.2) is 13.5 Å². The number of nitrogens with one attached hydrogen (secondary N) is 2. The van der Waals surface area contributed by atoms with Crippen molar-refractivity contribution >= 4 is 27.3 Å². The average molecular weight is 455 g/mol. The Hall–Kier alpha value is -3.01. The lowest BCUT2D eigenvalue weighted by molar-refractivity contribution is -0.122. The molecule has 0 spiro atoms. The molecule has 0 radical (unpaired) electrons. The fraction of sp³-hybridized carbons (Fsp3) is 0.455. The SMILES string of the molecule is CC(C)C(=O)Cn1ccc(S(=O)(=O)c2nc(Nc3c4c(cc5c3CCC5)CCC4)n[nH]2)n1. The number of rotatable bonds is 7. The van der Waals surface area contributed by atoms with Gasteiger partial charge in [0.25, 0.3) is 15.0 Å². The first-order valence-electron chi connectivity index (χ1n) is 11.0. The molecule has 32 heavy (non-hydrogen) atoms. The molecule has 3 aromatic rings. The zero-order valence-electron chi connectivity index (χ0n) is 18.2. The standard InChI is InChI=1S/C22H26N6O3S/c1-13(2)18(29)12-28-10-9-19(27-28)32(30,31)22-24-21(25-26-22)23-20-16-7-3-5-14(16)11-15-6-4-8-17(15)20/h9-11,13H,3-8,12H2,1-2H3,(H2,23,24,25,26). The average Bonchev–Trinajstić information content (AvgIpc) is 3.54. The molecule has 0 amide bonds. The van der Waals surface area contributed by atoms with Crippen molar-refractivity contribution in [2.45, 2.75) is 69.1 Å². The highest BCUT2D eigenvalue weighted by Gasteiger charge is 2.28. The topological polar surface area (TPSA) is 123 Å². The number of H-pyrrole nitrogens is 1. The Morgan fingerprint density at radius 3 is 2.50 bits per heavy atom. The Bertz CT molecular complexity index is 1270. The largest absolute Gasteiger partial charge is 0.322 e. The summed E-state index contributed by atoms with van der Waals surface area (Å²) < 4.78 is 27.3. The molecule has 5 rings (SSSR count). The second-order valence-corrected chi connectivity index (χ2v) is 10.6. The van der Waals surface area contributed by atoms with Gasteiger partial charge in [-0.15, -0.1) is 5.10 Å². The van der Waals surface area contributed by atoms with Crippen LogP contribution >= 0.6 is 0 Å². The van der Waals surface area contributed by atoms with Crippen LogP contribution in [0.3, 0.4) is 0 Å². The van der Waals surface area contributed by atoms with Crippen LogP contribution in [0.2, 0.25) is 0 Å². The van der Waals surface area contributed by atoms with Crippen molar-refractivity contribution in [1.82, 2.24) is 25.0 Å². The van der Waals surface area contributed by atoms with E-state index in [1.807, 2.05) is 0 Å². The van der Waals surface area contributed by atoms with Crippen molar-refractivity contribution in [3.8, 4) is 0 Å². The predicted octanol–water partition coefficient (Wildman–Crippen LogP) is 2.78. The molecule has 10 heteroatoms. The molecule has 0 saturated heterocycles. The Kier molecular flexibility index (Phi) is 5.11. The molecule has 0 atom stereocenters. The zero-order valence-corrected chi connectivity index (χ0v) is 19.0. The van der Waals surface area contributed by atoms with Crippen LogP contribution in [0, 0.1) is 5.92 Å². The van der Waals surface area contributed by atoms with E-state index >= 15 is 0 Å². The van der Waals surface area contributed by atoms with Gasteiger partial charge in [0.2, 0.25) is 5.95 Å². The van der Waals surface area contributed by atoms with Crippen LogP contribution in [0.25, 0.3) is 0 Å². The Morgan fingerprint density at radius 2 is 1.84 bits per heavy atom. The molecule has 2 aliphatic rings. The predicted molar refractivity (Wildman–Crippen MR) is 118 cm³/mol. The van der Waals surface area contributed by atoms with Gasteiger partial charge in [-0.1, -0.05) is 19.9 Å². The third-order valence-corrected chi connectivity index (χ3v) is 7.74. The molecular weight excluding hydrogens is 428 g/mol. The van der Waals surface area contributed by atoms with Gasteiger partial charge in [-0.05, 0) is 66.8 Å². The molecule has 9 nitrogen and oxygen atoms in total. The molecule has 1 aromatic carbocycles. The van der Waals surface area contributed by atoms with Gasteiger partial charge < -0.3 is 5.32 Å². The summed E-state index contributed by atoms with van der Waals surface area (Å²) >= 11 is 0. The Morgan fingerprint density at radius 1 is 1.16 bits per heavy atom. The minimum atomic E-state index is -3.98. The summed E-state index contributed by atoms with van der Waals surface area (Å²) in [7, 11) is -3.98. The smallest absolute Gasteiger partial charge is 0.260 e. The van der Waals surface area contributed by atoms with Crippen LogP contribution in [-0.2, 0) is 46.9 Å². The number of anilines is 2. The summed E-state index contributed by atoms with van der Waals surface area (Å²) in [5.74, 6) is 0.0570. The maximum absolute atomic E-state index is 13.0. The summed E-state index contributed by atoms with van der Waals surface area (Å²) in [6, 6.07) is 3.71. The van der Waals surface area contributed by atoms with E-state index in [4.69, 9.17) is 0 Å². The van der Waals surface area contributed by atoms with Crippen LogP contribution in [0.1, 0.15) is 48.9 Å². The zero-order chi connectivity index (χ0) is 22.5. The first kappa shape index (κ1) is 20.9. The van der Waals surface area contributed by atoms with Gasteiger partial charge in [0, 0.05) is 17.8 Å². The summed E-state index contributed by atoms with van der Waals surface area (Å²) in [6.45, 7) is 3.62. The van der Waals surface area contributed by atoms with E-state index < -0.39 is 9.84 Å². The quantitative estimate of drug-likeness (QED) is 0.563. The number of benzene rings is 1. The van der Waals surface area contributed by atoms with Crippen molar-refractivity contribution < 1.29 is 13.2 Å². The van der Waals surface area contributed by atoms with E-state index in [1.165, 1.54) is 39.2 Å². The monoisotopic (exact) mass is 454 g/mol. The summed E-state index contributed by atoms with van der Waals surface area (Å²) in [6.07, 6.45) is 7.91. The summed E-state index contributed by atoms with van der Waals surface area (Å²) in [5, 5.41) is 13.6. The molecule has 2 aliphatic carbocycles. The van der Waals surface area contributed by atoms with Gasteiger partial charge >= 0.3 is 0 Å². The minimum absolute atomic E-state index is 0.0221. The highest BCUT2D eigenvalue weighted by Crippen LogP contribution is 2.39. The Balaban J connectivity index is 1.40. The second kappa shape index (κ2) is 7.84. The number of Topliss-reactive ketones (excluding diaryl/α,β-unsaturated/α-hetero) is 1. The maximum Gasteiger partial charge on any atom is 0.260 e. The van der Waals surface area contributed by atoms with Crippen LogP contribution in [0.5, 0.6) is 0 Å². The minimum Gasteiger partial charge on any atom is -0.322 e. The second-order valence-electron chi connectivity index (χ2n) is 8.80. The number of hydrogen-bond acceptors (Lipinski definition) is 7.